The summed E-state index contributed by atoms with van der Waals surface area (Å²) in [5.41, 5.74) is 7.16. The molecule has 0 heterocycles. The van der Waals surface area contributed by atoms with Gasteiger partial charge < -0.3 is 11.1 Å². The summed E-state index contributed by atoms with van der Waals surface area (Å²) in [5, 5.41) is 13.0. The molecular weight excluding hydrogens is 246 g/mol. The van der Waals surface area contributed by atoms with Crippen molar-refractivity contribution in [2.75, 3.05) is 11.9 Å². The topological polar surface area (TPSA) is 61.8 Å². The van der Waals surface area contributed by atoms with Crippen molar-refractivity contribution in [2.24, 2.45) is 11.7 Å². The fourth-order valence-electron chi connectivity index (χ4n) is 2.69. The highest BCUT2D eigenvalue weighted by atomic mass is 35.5. The fraction of sp³-hybridized carbons (Fsp3) is 0.500. The summed E-state index contributed by atoms with van der Waals surface area (Å²) in [6, 6.07) is 7.86. The summed E-state index contributed by atoms with van der Waals surface area (Å²) in [5.74, 6) is 0.612. The van der Waals surface area contributed by atoms with Crippen LogP contribution >= 0.6 is 11.6 Å². The molecule has 0 radical (unpaired) electrons. The number of nitrogens with zero attached hydrogens (tertiary/aromatic N) is 1. The van der Waals surface area contributed by atoms with E-state index in [0.717, 1.165) is 5.69 Å². The molecule has 1 aliphatic rings. The first-order valence-corrected chi connectivity index (χ1v) is 6.79. The van der Waals surface area contributed by atoms with Gasteiger partial charge in [0.1, 0.15) is 6.07 Å². The van der Waals surface area contributed by atoms with E-state index >= 15 is 0 Å². The Morgan fingerprint density at radius 3 is 2.78 bits per heavy atom. The minimum absolute atomic E-state index is 0.234. The lowest BCUT2D eigenvalue weighted by Gasteiger charge is -2.25. The molecule has 1 fully saturated rings. The lowest BCUT2D eigenvalue weighted by Crippen LogP contribution is -2.35. The van der Waals surface area contributed by atoms with E-state index in [-0.39, 0.29) is 6.04 Å². The maximum absolute atomic E-state index is 9.14. The van der Waals surface area contributed by atoms with Gasteiger partial charge in [0.15, 0.2) is 0 Å². The van der Waals surface area contributed by atoms with E-state index in [0.29, 0.717) is 23.0 Å². The largest absolute Gasteiger partial charge is 0.380 e. The maximum Gasteiger partial charge on any atom is 0.103 e. The molecule has 4 heteroatoms. The molecule has 1 aromatic rings. The minimum Gasteiger partial charge on any atom is -0.380 e. The standard InChI is InChI=1S/C14H18ClN3/c15-12-6-3-7-13(11(12)8-16)18-14(9-17)10-4-1-2-5-10/h3,6-7,10,14,18H,1-2,4-5,9,17H2. The van der Waals surface area contributed by atoms with Crippen LogP contribution < -0.4 is 11.1 Å². The third-order valence-electron chi connectivity index (χ3n) is 3.69. The zero-order chi connectivity index (χ0) is 13.0. The number of benzene rings is 1. The fourth-order valence-corrected chi connectivity index (χ4v) is 2.90. The molecule has 0 amide bonds. The molecule has 0 bridgehead atoms. The summed E-state index contributed by atoms with van der Waals surface area (Å²) in [4.78, 5) is 0. The Hall–Kier alpha value is -1.24. The Labute approximate surface area is 113 Å². The third-order valence-corrected chi connectivity index (χ3v) is 4.00. The van der Waals surface area contributed by atoms with Crippen LogP contribution in [0.3, 0.4) is 0 Å². The van der Waals surface area contributed by atoms with E-state index < -0.39 is 0 Å². The van der Waals surface area contributed by atoms with Crippen molar-refractivity contribution in [3.63, 3.8) is 0 Å². The van der Waals surface area contributed by atoms with E-state index in [1.54, 1.807) is 6.07 Å². The van der Waals surface area contributed by atoms with E-state index in [1.807, 2.05) is 12.1 Å². The van der Waals surface area contributed by atoms with Gasteiger partial charge >= 0.3 is 0 Å². The van der Waals surface area contributed by atoms with Crippen LogP contribution in [-0.2, 0) is 0 Å². The highest BCUT2D eigenvalue weighted by Crippen LogP contribution is 2.31. The SMILES string of the molecule is N#Cc1c(Cl)cccc1NC(CN)C1CCCC1. The predicted molar refractivity (Wildman–Crippen MR) is 74.6 cm³/mol. The normalized spacial score (nSPS) is 17.4. The Bertz CT molecular complexity index is 447. The van der Waals surface area contributed by atoms with Crippen molar-refractivity contribution in [1.29, 1.82) is 5.26 Å². The van der Waals surface area contributed by atoms with Crippen LogP contribution in [0.4, 0.5) is 5.69 Å². The molecule has 0 aromatic heterocycles. The first-order valence-electron chi connectivity index (χ1n) is 6.41. The Morgan fingerprint density at radius 1 is 1.44 bits per heavy atom. The van der Waals surface area contributed by atoms with Crippen LogP contribution in [0.2, 0.25) is 5.02 Å². The summed E-state index contributed by atoms with van der Waals surface area (Å²) in [7, 11) is 0. The molecule has 1 aliphatic carbocycles. The molecule has 0 aliphatic heterocycles. The van der Waals surface area contributed by atoms with Gasteiger partial charge in [-0.2, -0.15) is 5.26 Å². The average molecular weight is 264 g/mol. The van der Waals surface area contributed by atoms with Crippen LogP contribution in [-0.4, -0.2) is 12.6 Å². The van der Waals surface area contributed by atoms with Crippen LogP contribution in [0.25, 0.3) is 0 Å². The minimum atomic E-state index is 0.234. The quantitative estimate of drug-likeness (QED) is 0.877. The van der Waals surface area contributed by atoms with Gasteiger partial charge in [0.25, 0.3) is 0 Å². The molecular formula is C14H18ClN3. The van der Waals surface area contributed by atoms with Crippen LogP contribution in [0, 0.1) is 17.2 Å². The molecule has 2 rings (SSSR count). The molecule has 96 valence electrons. The Morgan fingerprint density at radius 2 is 2.17 bits per heavy atom. The second kappa shape index (κ2) is 6.08. The van der Waals surface area contributed by atoms with Gasteiger partial charge in [-0.05, 0) is 30.9 Å². The predicted octanol–water partition coefficient (Wildman–Crippen LogP) is 3.14. The number of nitrogens with one attached hydrogen (secondary N) is 1. The van der Waals surface area contributed by atoms with Gasteiger partial charge in [0.05, 0.1) is 16.3 Å². The summed E-state index contributed by atoms with van der Waals surface area (Å²) >= 11 is 6.02. The molecule has 1 aromatic carbocycles. The van der Waals surface area contributed by atoms with Gasteiger partial charge in [-0.25, -0.2) is 0 Å². The van der Waals surface area contributed by atoms with Crippen LogP contribution in [0.5, 0.6) is 0 Å². The lowest BCUT2D eigenvalue weighted by atomic mass is 9.97. The van der Waals surface area contributed by atoms with E-state index in [4.69, 9.17) is 22.6 Å². The van der Waals surface area contributed by atoms with Crippen LogP contribution in [0.1, 0.15) is 31.2 Å². The van der Waals surface area contributed by atoms with E-state index in [1.165, 1.54) is 25.7 Å². The number of nitriles is 1. The number of nitrogens with two attached hydrogens (primary N) is 1. The highest BCUT2D eigenvalue weighted by molar-refractivity contribution is 6.32. The number of hydrogen-bond acceptors (Lipinski definition) is 3. The zero-order valence-corrected chi connectivity index (χ0v) is 11.1. The molecule has 3 N–H and O–H groups in total. The lowest BCUT2D eigenvalue weighted by molar-refractivity contribution is 0.462. The molecule has 0 spiro atoms. The smallest absolute Gasteiger partial charge is 0.103 e. The van der Waals surface area contributed by atoms with Crippen molar-refractivity contribution in [2.45, 2.75) is 31.7 Å². The van der Waals surface area contributed by atoms with Gasteiger partial charge in [-0.1, -0.05) is 30.5 Å². The van der Waals surface area contributed by atoms with E-state index in [9.17, 15) is 0 Å². The molecule has 3 nitrogen and oxygen atoms in total. The Kier molecular flexibility index (Phi) is 4.46. The number of rotatable bonds is 4. The van der Waals surface area contributed by atoms with Crippen molar-refractivity contribution in [3.8, 4) is 6.07 Å². The molecule has 1 unspecified atom stereocenters. The second-order valence-corrected chi connectivity index (χ2v) is 5.21. The molecule has 0 saturated heterocycles. The maximum atomic E-state index is 9.14. The van der Waals surface area contributed by atoms with Crippen LogP contribution in [0.15, 0.2) is 18.2 Å². The van der Waals surface area contributed by atoms with Gasteiger partial charge in [0, 0.05) is 12.6 Å². The number of anilines is 1. The second-order valence-electron chi connectivity index (χ2n) is 4.81. The summed E-state index contributed by atoms with van der Waals surface area (Å²) < 4.78 is 0. The number of halogens is 1. The average Bonchev–Trinajstić information content (AvgIpc) is 2.89. The van der Waals surface area contributed by atoms with E-state index in [2.05, 4.69) is 11.4 Å². The van der Waals surface area contributed by atoms with Gasteiger partial charge in [-0.15, -0.1) is 0 Å². The zero-order valence-electron chi connectivity index (χ0n) is 10.3. The first-order chi connectivity index (χ1) is 8.76. The monoisotopic (exact) mass is 263 g/mol. The Balaban J connectivity index is 2.17. The number of hydrogen-bond donors (Lipinski definition) is 2. The molecule has 1 saturated carbocycles. The third kappa shape index (κ3) is 2.77. The summed E-state index contributed by atoms with van der Waals surface area (Å²) in [6.45, 7) is 0.585. The van der Waals surface area contributed by atoms with Crippen molar-refractivity contribution >= 4 is 17.3 Å². The van der Waals surface area contributed by atoms with Gasteiger partial charge in [0.2, 0.25) is 0 Å². The van der Waals surface area contributed by atoms with Crippen molar-refractivity contribution in [3.05, 3.63) is 28.8 Å². The first kappa shape index (κ1) is 13.2. The summed E-state index contributed by atoms with van der Waals surface area (Å²) in [6.07, 6.45) is 5.00. The molecule has 18 heavy (non-hydrogen) atoms. The van der Waals surface area contributed by atoms with Gasteiger partial charge in [-0.3, -0.25) is 0 Å². The highest BCUT2D eigenvalue weighted by Gasteiger charge is 2.24. The van der Waals surface area contributed by atoms with Crippen molar-refractivity contribution < 1.29 is 0 Å². The van der Waals surface area contributed by atoms with Crippen molar-refractivity contribution in [1.82, 2.24) is 0 Å². The molecule has 1 atom stereocenters.